The molecule has 2 N–H and O–H groups in total. The summed E-state index contributed by atoms with van der Waals surface area (Å²) in [7, 11) is 0. The highest BCUT2D eigenvalue weighted by Crippen LogP contribution is 2.39. The van der Waals surface area contributed by atoms with Crippen molar-refractivity contribution in [1.82, 2.24) is 14.8 Å². The number of carboxylic acids is 2. The molecule has 0 aliphatic carbocycles. The normalized spacial score (nSPS) is 19.7. The predicted octanol–water partition coefficient (Wildman–Crippen LogP) is 4.07. The number of aliphatic carboxylic acids is 2. The van der Waals surface area contributed by atoms with E-state index >= 15 is 0 Å². The second-order valence-corrected chi connectivity index (χ2v) is 8.72. The highest BCUT2D eigenvalue weighted by molar-refractivity contribution is 5.94. The van der Waals surface area contributed by atoms with Crippen molar-refractivity contribution in [3.05, 3.63) is 54.2 Å². The van der Waals surface area contributed by atoms with Crippen LogP contribution in [0.25, 0.3) is 0 Å². The second kappa shape index (κ2) is 12.8. The Balaban J connectivity index is 0.000000301. The fraction of sp³-hybridized carbons (Fsp3) is 0.478. The second-order valence-electron chi connectivity index (χ2n) is 8.72. The molecule has 4 heterocycles. The molecule has 0 bridgehead atoms. The third-order valence-corrected chi connectivity index (χ3v) is 5.82. The molecule has 2 aromatic rings. The predicted molar refractivity (Wildman–Crippen MR) is 118 cm³/mol. The highest BCUT2D eigenvalue weighted by atomic mass is 19.4. The van der Waals surface area contributed by atoms with Crippen molar-refractivity contribution in [2.75, 3.05) is 26.2 Å². The van der Waals surface area contributed by atoms with Gasteiger partial charge in [0, 0.05) is 37.4 Å². The van der Waals surface area contributed by atoms with E-state index < -0.39 is 24.3 Å². The monoisotopic (exact) mass is 553 g/mol. The van der Waals surface area contributed by atoms with Crippen LogP contribution in [-0.2, 0) is 16.1 Å². The molecular weight excluding hydrogens is 528 g/mol. The highest BCUT2D eigenvalue weighted by Gasteiger charge is 2.42. The minimum Gasteiger partial charge on any atom is -0.475 e. The molecular formula is C23H25F6N3O6. The van der Waals surface area contributed by atoms with Crippen LogP contribution in [-0.4, -0.2) is 81.4 Å². The van der Waals surface area contributed by atoms with Crippen molar-refractivity contribution in [2.45, 2.75) is 38.2 Å². The minimum absolute atomic E-state index is 0.117. The summed E-state index contributed by atoms with van der Waals surface area (Å²) in [6, 6.07) is 7.66. The van der Waals surface area contributed by atoms with Crippen molar-refractivity contribution in [1.29, 1.82) is 0 Å². The maximum absolute atomic E-state index is 12.7. The molecule has 2 saturated heterocycles. The zero-order valence-electron chi connectivity index (χ0n) is 19.8. The van der Waals surface area contributed by atoms with Gasteiger partial charge in [-0.15, -0.1) is 0 Å². The van der Waals surface area contributed by atoms with Crippen molar-refractivity contribution < 1.29 is 55.4 Å². The SMILES string of the molecule is O=C(O)C(F)(F)F.O=C(O)C(F)(F)F.O=C(c1cccnc1)N1CCCC2(CCN(Cc3ccco3)C2)C1. The Morgan fingerprint density at radius 1 is 0.947 bits per heavy atom. The van der Waals surface area contributed by atoms with Crippen LogP contribution in [0, 0.1) is 5.41 Å². The van der Waals surface area contributed by atoms with Gasteiger partial charge in [0.2, 0.25) is 0 Å². The first kappa shape index (κ1) is 30.6. The average Bonchev–Trinajstić information content (AvgIpc) is 3.49. The molecule has 1 unspecified atom stereocenters. The number of rotatable bonds is 3. The van der Waals surface area contributed by atoms with E-state index in [4.69, 9.17) is 24.2 Å². The van der Waals surface area contributed by atoms with E-state index in [1.54, 1.807) is 18.7 Å². The van der Waals surface area contributed by atoms with Crippen LogP contribution in [0.4, 0.5) is 26.3 Å². The smallest absolute Gasteiger partial charge is 0.475 e. The molecule has 0 aromatic carbocycles. The number of piperidine rings is 1. The van der Waals surface area contributed by atoms with Crippen molar-refractivity contribution in [3.63, 3.8) is 0 Å². The number of hydrogen-bond acceptors (Lipinski definition) is 6. The average molecular weight is 553 g/mol. The van der Waals surface area contributed by atoms with Gasteiger partial charge in [0.1, 0.15) is 5.76 Å². The molecule has 2 aliphatic rings. The summed E-state index contributed by atoms with van der Waals surface area (Å²) in [5, 5.41) is 14.2. The number of carbonyl (C=O) groups excluding carboxylic acids is 1. The summed E-state index contributed by atoms with van der Waals surface area (Å²) in [4.78, 5) is 39.1. The van der Waals surface area contributed by atoms with Gasteiger partial charge in [0.05, 0.1) is 18.4 Å². The molecule has 0 radical (unpaired) electrons. The van der Waals surface area contributed by atoms with Crippen LogP contribution in [0.15, 0.2) is 47.3 Å². The number of carbonyl (C=O) groups is 3. The lowest BCUT2D eigenvalue weighted by molar-refractivity contribution is -0.193. The van der Waals surface area contributed by atoms with Crippen LogP contribution >= 0.6 is 0 Å². The number of carboxylic acid groups (broad SMARTS) is 2. The lowest BCUT2D eigenvalue weighted by Gasteiger charge is -2.40. The van der Waals surface area contributed by atoms with Gasteiger partial charge in [0.25, 0.3) is 5.91 Å². The number of aromatic nitrogens is 1. The van der Waals surface area contributed by atoms with Gasteiger partial charge in [-0.25, -0.2) is 9.59 Å². The van der Waals surface area contributed by atoms with Gasteiger partial charge in [0.15, 0.2) is 0 Å². The van der Waals surface area contributed by atoms with E-state index in [9.17, 15) is 31.1 Å². The number of furan rings is 1. The molecule has 2 aliphatic heterocycles. The van der Waals surface area contributed by atoms with Crippen molar-refractivity contribution in [2.24, 2.45) is 5.41 Å². The molecule has 4 rings (SSSR count). The molecule has 9 nitrogen and oxygen atoms in total. The Hall–Kier alpha value is -3.62. The first-order chi connectivity index (χ1) is 17.6. The number of hydrogen-bond donors (Lipinski definition) is 2. The molecule has 2 fully saturated rings. The summed E-state index contributed by atoms with van der Waals surface area (Å²) < 4.78 is 68.9. The maximum Gasteiger partial charge on any atom is 0.490 e. The number of likely N-dealkylation sites (tertiary alicyclic amines) is 2. The summed E-state index contributed by atoms with van der Waals surface area (Å²) in [6.45, 7) is 4.70. The van der Waals surface area contributed by atoms with Gasteiger partial charge in [-0.3, -0.25) is 14.7 Å². The molecule has 2 aromatic heterocycles. The topological polar surface area (TPSA) is 124 Å². The van der Waals surface area contributed by atoms with E-state index in [1.807, 2.05) is 29.2 Å². The van der Waals surface area contributed by atoms with Gasteiger partial charge >= 0.3 is 24.3 Å². The van der Waals surface area contributed by atoms with Crippen molar-refractivity contribution >= 4 is 17.8 Å². The van der Waals surface area contributed by atoms with E-state index in [2.05, 4.69) is 9.88 Å². The summed E-state index contributed by atoms with van der Waals surface area (Å²) in [5.41, 5.74) is 0.933. The van der Waals surface area contributed by atoms with E-state index in [1.165, 1.54) is 6.42 Å². The van der Waals surface area contributed by atoms with Crippen LogP contribution in [0.1, 0.15) is 35.4 Å². The molecule has 1 amide bonds. The Morgan fingerprint density at radius 3 is 2.08 bits per heavy atom. The molecule has 15 heteroatoms. The summed E-state index contributed by atoms with van der Waals surface area (Å²) in [6.07, 6.45) is -1.61. The van der Waals surface area contributed by atoms with Gasteiger partial charge < -0.3 is 19.5 Å². The number of pyridine rings is 1. The minimum atomic E-state index is -5.08. The zero-order valence-corrected chi connectivity index (χ0v) is 19.8. The van der Waals surface area contributed by atoms with Gasteiger partial charge in [-0.05, 0) is 50.1 Å². The Morgan fingerprint density at radius 2 is 1.58 bits per heavy atom. The van der Waals surface area contributed by atoms with Crippen LogP contribution < -0.4 is 0 Å². The lowest BCUT2D eigenvalue weighted by atomic mass is 9.79. The van der Waals surface area contributed by atoms with Gasteiger partial charge in [-0.1, -0.05) is 0 Å². The first-order valence-electron chi connectivity index (χ1n) is 11.2. The number of halogens is 6. The first-order valence-corrected chi connectivity index (χ1v) is 11.2. The summed E-state index contributed by atoms with van der Waals surface area (Å²) >= 11 is 0. The molecule has 38 heavy (non-hydrogen) atoms. The third kappa shape index (κ3) is 9.36. The number of nitrogens with zero attached hydrogens (tertiary/aromatic N) is 3. The van der Waals surface area contributed by atoms with Crippen LogP contribution in [0.5, 0.6) is 0 Å². The lowest BCUT2D eigenvalue weighted by Crippen LogP contribution is -2.47. The van der Waals surface area contributed by atoms with Crippen molar-refractivity contribution in [3.8, 4) is 0 Å². The Bertz CT molecular complexity index is 1040. The third-order valence-electron chi connectivity index (χ3n) is 5.82. The fourth-order valence-electron chi connectivity index (χ4n) is 4.17. The number of alkyl halides is 6. The van der Waals surface area contributed by atoms with E-state index in [0.29, 0.717) is 5.56 Å². The van der Waals surface area contributed by atoms with E-state index in [0.717, 1.165) is 51.3 Å². The fourth-order valence-corrected chi connectivity index (χ4v) is 4.17. The zero-order chi connectivity index (χ0) is 28.6. The number of amides is 1. The largest absolute Gasteiger partial charge is 0.490 e. The Kier molecular flexibility index (Phi) is 10.3. The maximum atomic E-state index is 12.7. The molecule has 1 atom stereocenters. The molecule has 1 spiro atoms. The molecule has 0 saturated carbocycles. The standard InChI is InChI=1S/C19H23N3O2.2C2HF3O2/c23-18(16-4-1-8-20-12-16)22-9-3-6-19(15-22)7-10-21(14-19)13-17-5-2-11-24-17;2*3-2(4,5)1(6)7/h1-2,4-5,8,11-12H,3,6-7,9-10,13-15H2;2*(H,6,7). The van der Waals surface area contributed by atoms with Crippen LogP contribution in [0.2, 0.25) is 0 Å². The summed E-state index contributed by atoms with van der Waals surface area (Å²) in [5.74, 6) is -4.38. The quantitative estimate of drug-likeness (QED) is 0.546. The van der Waals surface area contributed by atoms with Crippen LogP contribution in [0.3, 0.4) is 0 Å². The van der Waals surface area contributed by atoms with Gasteiger partial charge in [-0.2, -0.15) is 26.3 Å². The molecule has 210 valence electrons. The van der Waals surface area contributed by atoms with E-state index in [-0.39, 0.29) is 11.3 Å². The Labute approximate surface area is 212 Å².